The molecule has 122 valence electrons. The van der Waals surface area contributed by atoms with E-state index in [1.165, 1.54) is 5.56 Å². The minimum Gasteiger partial charge on any atom is -0.370 e. The van der Waals surface area contributed by atoms with E-state index in [2.05, 4.69) is 10.3 Å². The number of amides is 1. The summed E-state index contributed by atoms with van der Waals surface area (Å²) in [4.78, 5) is 18.4. The summed E-state index contributed by atoms with van der Waals surface area (Å²) >= 11 is 5.98. The van der Waals surface area contributed by atoms with Crippen LogP contribution >= 0.6 is 11.6 Å². The topological polar surface area (TPSA) is 45.2 Å². The number of halogens is 1. The average Bonchev–Trinajstić information content (AvgIpc) is 2.56. The molecule has 1 aromatic carbocycles. The first-order chi connectivity index (χ1) is 11.1. The number of nitrogens with one attached hydrogen (secondary N) is 1. The average molecular weight is 332 g/mol. The van der Waals surface area contributed by atoms with Crippen LogP contribution in [0.1, 0.15) is 29.8 Å². The maximum Gasteiger partial charge on any atom is 0.254 e. The summed E-state index contributed by atoms with van der Waals surface area (Å²) in [6.07, 6.45) is 2.51. The lowest BCUT2D eigenvalue weighted by Gasteiger charge is -2.18. The summed E-state index contributed by atoms with van der Waals surface area (Å²) in [7, 11) is 0. The van der Waals surface area contributed by atoms with Gasteiger partial charge in [-0.1, -0.05) is 23.7 Å². The molecule has 0 aliphatic rings. The van der Waals surface area contributed by atoms with Gasteiger partial charge in [0.2, 0.25) is 0 Å². The van der Waals surface area contributed by atoms with Crippen LogP contribution in [0.3, 0.4) is 0 Å². The summed E-state index contributed by atoms with van der Waals surface area (Å²) in [6.45, 7) is 6.10. The Morgan fingerprint density at radius 2 is 2.00 bits per heavy atom. The van der Waals surface area contributed by atoms with Crippen molar-refractivity contribution in [1.82, 2.24) is 9.88 Å². The van der Waals surface area contributed by atoms with Crippen LogP contribution in [-0.2, 0) is 6.42 Å². The molecule has 1 amide bonds. The Hall–Kier alpha value is -2.07. The Bertz CT molecular complexity index is 656. The van der Waals surface area contributed by atoms with Crippen LogP contribution in [0.4, 0.5) is 5.82 Å². The molecule has 1 aromatic heterocycles. The van der Waals surface area contributed by atoms with Crippen LogP contribution in [0.5, 0.6) is 0 Å². The predicted octanol–water partition coefficient (Wildman–Crippen LogP) is 3.87. The van der Waals surface area contributed by atoms with Gasteiger partial charge in [0.25, 0.3) is 5.91 Å². The quantitative estimate of drug-likeness (QED) is 0.837. The van der Waals surface area contributed by atoms with Gasteiger partial charge in [0.05, 0.1) is 0 Å². The van der Waals surface area contributed by atoms with Gasteiger partial charge in [-0.05, 0) is 50.1 Å². The van der Waals surface area contributed by atoms with Crippen molar-refractivity contribution in [2.75, 3.05) is 25.0 Å². The summed E-state index contributed by atoms with van der Waals surface area (Å²) in [5, 5.41) is 4.00. The number of nitrogens with zero attached hydrogens (tertiary/aromatic N) is 2. The van der Waals surface area contributed by atoms with Gasteiger partial charge in [-0.15, -0.1) is 0 Å². The second-order valence-electron chi connectivity index (χ2n) is 5.21. The van der Waals surface area contributed by atoms with Crippen LogP contribution in [0, 0.1) is 0 Å². The molecule has 23 heavy (non-hydrogen) atoms. The summed E-state index contributed by atoms with van der Waals surface area (Å²) in [5.74, 6) is 0.750. The van der Waals surface area contributed by atoms with Crippen LogP contribution in [0.25, 0.3) is 0 Å². The fraction of sp³-hybridized carbons (Fsp3) is 0.333. The molecule has 5 heteroatoms. The molecule has 0 spiro atoms. The van der Waals surface area contributed by atoms with Crippen molar-refractivity contribution in [3.8, 4) is 0 Å². The van der Waals surface area contributed by atoms with Gasteiger partial charge in [0.1, 0.15) is 5.82 Å². The molecular weight excluding hydrogens is 310 g/mol. The number of hydrogen-bond acceptors (Lipinski definition) is 3. The van der Waals surface area contributed by atoms with Crippen molar-refractivity contribution in [2.45, 2.75) is 20.3 Å². The molecule has 4 nitrogen and oxygen atoms in total. The number of hydrogen-bond donors (Lipinski definition) is 1. The monoisotopic (exact) mass is 331 g/mol. The van der Waals surface area contributed by atoms with Crippen molar-refractivity contribution >= 4 is 23.3 Å². The summed E-state index contributed by atoms with van der Waals surface area (Å²) < 4.78 is 0. The van der Waals surface area contributed by atoms with Gasteiger partial charge in [0.15, 0.2) is 0 Å². The Balaban J connectivity index is 1.96. The SMILES string of the molecule is CCN(CC)C(=O)c1ccnc(NCCc2cccc(Cl)c2)c1. The molecule has 0 bridgehead atoms. The lowest BCUT2D eigenvalue weighted by Crippen LogP contribution is -2.30. The normalized spacial score (nSPS) is 10.4. The third-order valence-corrected chi connectivity index (χ3v) is 3.90. The largest absolute Gasteiger partial charge is 0.370 e. The van der Waals surface area contributed by atoms with E-state index in [9.17, 15) is 4.79 Å². The summed E-state index contributed by atoms with van der Waals surface area (Å²) in [6, 6.07) is 11.4. The van der Waals surface area contributed by atoms with Crippen molar-refractivity contribution in [1.29, 1.82) is 0 Å². The van der Waals surface area contributed by atoms with Gasteiger partial charge in [0, 0.05) is 36.4 Å². The molecule has 0 aliphatic carbocycles. The highest BCUT2D eigenvalue weighted by Gasteiger charge is 2.12. The number of pyridine rings is 1. The molecule has 0 saturated carbocycles. The smallest absolute Gasteiger partial charge is 0.254 e. The van der Waals surface area contributed by atoms with E-state index >= 15 is 0 Å². The molecule has 2 rings (SSSR count). The maximum absolute atomic E-state index is 12.3. The maximum atomic E-state index is 12.3. The number of carbonyl (C=O) groups excluding carboxylic acids is 1. The van der Waals surface area contributed by atoms with Gasteiger partial charge < -0.3 is 10.2 Å². The molecular formula is C18H22ClN3O. The van der Waals surface area contributed by atoms with E-state index in [1.54, 1.807) is 23.2 Å². The van der Waals surface area contributed by atoms with Gasteiger partial charge >= 0.3 is 0 Å². The molecule has 0 unspecified atom stereocenters. The third-order valence-electron chi connectivity index (χ3n) is 3.67. The number of carbonyl (C=O) groups is 1. The van der Waals surface area contributed by atoms with Crippen molar-refractivity contribution < 1.29 is 4.79 Å². The fourth-order valence-corrected chi connectivity index (χ4v) is 2.59. The van der Waals surface area contributed by atoms with E-state index in [-0.39, 0.29) is 5.91 Å². The predicted molar refractivity (Wildman–Crippen MR) is 95.1 cm³/mol. The number of benzene rings is 1. The standard InChI is InChI=1S/C18H22ClN3O/c1-3-22(4-2)18(23)15-9-11-21-17(13-15)20-10-8-14-6-5-7-16(19)12-14/h5-7,9,11-13H,3-4,8,10H2,1-2H3,(H,20,21). The molecule has 1 N–H and O–H groups in total. The second kappa shape index (κ2) is 8.53. The van der Waals surface area contributed by atoms with E-state index in [0.717, 1.165) is 18.0 Å². The highest BCUT2D eigenvalue weighted by molar-refractivity contribution is 6.30. The van der Waals surface area contributed by atoms with E-state index in [1.807, 2.05) is 38.1 Å². The first-order valence-electron chi connectivity index (χ1n) is 7.87. The fourth-order valence-electron chi connectivity index (χ4n) is 2.38. The van der Waals surface area contributed by atoms with Crippen LogP contribution < -0.4 is 5.32 Å². The first-order valence-corrected chi connectivity index (χ1v) is 8.25. The Kier molecular flexibility index (Phi) is 6.41. The third kappa shape index (κ3) is 4.96. The molecule has 2 aromatic rings. The molecule has 1 heterocycles. The van der Waals surface area contributed by atoms with Gasteiger partial charge in [-0.25, -0.2) is 4.98 Å². The number of aromatic nitrogens is 1. The van der Waals surface area contributed by atoms with Crippen molar-refractivity contribution in [2.24, 2.45) is 0 Å². The number of rotatable bonds is 7. The van der Waals surface area contributed by atoms with Crippen molar-refractivity contribution in [3.05, 3.63) is 58.7 Å². The zero-order valence-electron chi connectivity index (χ0n) is 13.6. The van der Waals surface area contributed by atoms with Crippen molar-refractivity contribution in [3.63, 3.8) is 0 Å². The van der Waals surface area contributed by atoms with Crippen LogP contribution in [0.2, 0.25) is 5.02 Å². The van der Waals surface area contributed by atoms with E-state index in [4.69, 9.17) is 11.6 Å². The Morgan fingerprint density at radius 3 is 2.70 bits per heavy atom. The molecule has 0 radical (unpaired) electrons. The Labute approximate surface area is 142 Å². The molecule has 0 aliphatic heterocycles. The van der Waals surface area contributed by atoms with Crippen LogP contribution in [0.15, 0.2) is 42.6 Å². The van der Waals surface area contributed by atoms with E-state index in [0.29, 0.717) is 24.5 Å². The molecule has 0 saturated heterocycles. The minimum atomic E-state index is 0.0373. The lowest BCUT2D eigenvalue weighted by molar-refractivity contribution is 0.0773. The van der Waals surface area contributed by atoms with Crippen LogP contribution in [-0.4, -0.2) is 35.4 Å². The van der Waals surface area contributed by atoms with Gasteiger partial charge in [-0.3, -0.25) is 4.79 Å². The first kappa shape index (κ1) is 17.3. The molecule has 0 fully saturated rings. The zero-order valence-corrected chi connectivity index (χ0v) is 14.3. The zero-order chi connectivity index (χ0) is 16.7. The minimum absolute atomic E-state index is 0.0373. The highest BCUT2D eigenvalue weighted by atomic mass is 35.5. The van der Waals surface area contributed by atoms with E-state index < -0.39 is 0 Å². The number of anilines is 1. The summed E-state index contributed by atoms with van der Waals surface area (Å²) in [5.41, 5.74) is 1.83. The highest BCUT2D eigenvalue weighted by Crippen LogP contribution is 2.13. The Morgan fingerprint density at radius 1 is 1.22 bits per heavy atom. The molecule has 0 atom stereocenters. The van der Waals surface area contributed by atoms with Gasteiger partial charge in [-0.2, -0.15) is 0 Å². The second-order valence-corrected chi connectivity index (χ2v) is 5.65. The lowest BCUT2D eigenvalue weighted by atomic mass is 10.1.